The fourth-order valence-electron chi connectivity index (χ4n) is 2.72. The highest BCUT2D eigenvalue weighted by atomic mass is 35.5. The summed E-state index contributed by atoms with van der Waals surface area (Å²) in [6.45, 7) is 3.10. The quantitative estimate of drug-likeness (QED) is 0.878. The number of hydrogen-bond acceptors (Lipinski definition) is 3. The highest BCUT2D eigenvalue weighted by molar-refractivity contribution is 6.33. The average Bonchev–Trinajstić information content (AvgIpc) is 2.39. The summed E-state index contributed by atoms with van der Waals surface area (Å²) < 4.78 is 0. The maximum Gasteiger partial charge on any atom is 0.334 e. The van der Waals surface area contributed by atoms with E-state index >= 15 is 0 Å². The molecule has 1 aromatic rings. The van der Waals surface area contributed by atoms with Crippen molar-refractivity contribution >= 4 is 40.9 Å². The van der Waals surface area contributed by atoms with Crippen molar-refractivity contribution in [3.8, 4) is 0 Å². The van der Waals surface area contributed by atoms with E-state index in [1.165, 1.54) is 19.1 Å². The molecule has 0 saturated heterocycles. The molecule has 0 aliphatic carbocycles. The van der Waals surface area contributed by atoms with Gasteiger partial charge in [-0.15, -0.1) is 0 Å². The third kappa shape index (κ3) is 2.87. The van der Waals surface area contributed by atoms with Crippen LogP contribution in [0.3, 0.4) is 0 Å². The molecule has 0 fully saturated rings. The molecule has 5 nitrogen and oxygen atoms in total. The third-order valence-corrected chi connectivity index (χ3v) is 4.20. The molecule has 2 atom stereocenters. The van der Waals surface area contributed by atoms with Gasteiger partial charge in [0.2, 0.25) is 0 Å². The zero-order valence-electron chi connectivity index (χ0n) is 11.8. The normalized spacial score (nSPS) is 21.5. The van der Waals surface area contributed by atoms with Crippen LogP contribution in [0.4, 0.5) is 0 Å². The molecule has 2 N–H and O–H groups in total. The summed E-state index contributed by atoms with van der Waals surface area (Å²) in [6.07, 6.45) is 0. The van der Waals surface area contributed by atoms with E-state index in [0.717, 1.165) is 0 Å². The Labute approximate surface area is 136 Å². The molecular weight excluding hydrogens is 329 g/mol. The first-order chi connectivity index (χ1) is 10.2. The number of carboxylic acids is 2. The minimum Gasteiger partial charge on any atom is -0.481 e. The number of rotatable bonds is 3. The van der Waals surface area contributed by atoms with E-state index in [2.05, 4.69) is 4.99 Å². The Morgan fingerprint density at radius 3 is 2.36 bits per heavy atom. The van der Waals surface area contributed by atoms with Crippen LogP contribution in [0.5, 0.6) is 0 Å². The van der Waals surface area contributed by atoms with Crippen LogP contribution in [0, 0.1) is 5.92 Å². The van der Waals surface area contributed by atoms with Gasteiger partial charge in [-0.25, -0.2) is 4.79 Å². The van der Waals surface area contributed by atoms with E-state index in [1.807, 2.05) is 0 Å². The van der Waals surface area contributed by atoms with Gasteiger partial charge in [0.25, 0.3) is 0 Å². The van der Waals surface area contributed by atoms with Crippen LogP contribution in [-0.2, 0) is 9.59 Å². The average molecular weight is 342 g/mol. The first-order valence-corrected chi connectivity index (χ1v) is 7.16. The second-order valence-electron chi connectivity index (χ2n) is 5.02. The Bertz CT molecular complexity index is 724. The van der Waals surface area contributed by atoms with E-state index in [1.54, 1.807) is 13.0 Å². The molecule has 1 aliphatic heterocycles. The molecule has 0 bridgehead atoms. The summed E-state index contributed by atoms with van der Waals surface area (Å²) in [4.78, 5) is 27.3. The van der Waals surface area contributed by atoms with Crippen LogP contribution in [0.1, 0.15) is 25.3 Å². The lowest BCUT2D eigenvalue weighted by atomic mass is 9.75. The van der Waals surface area contributed by atoms with Crippen LogP contribution >= 0.6 is 23.2 Å². The maximum absolute atomic E-state index is 11.6. The lowest BCUT2D eigenvalue weighted by molar-refractivity contribution is -0.140. The predicted molar refractivity (Wildman–Crippen MR) is 83.8 cm³/mol. The van der Waals surface area contributed by atoms with Gasteiger partial charge >= 0.3 is 11.9 Å². The van der Waals surface area contributed by atoms with E-state index in [4.69, 9.17) is 23.2 Å². The predicted octanol–water partition coefficient (Wildman–Crippen LogP) is 3.61. The van der Waals surface area contributed by atoms with Crippen LogP contribution < -0.4 is 0 Å². The van der Waals surface area contributed by atoms with Gasteiger partial charge in [-0.05, 0) is 37.6 Å². The zero-order valence-corrected chi connectivity index (χ0v) is 13.3. The molecule has 0 spiro atoms. The molecule has 2 rings (SSSR count). The Balaban J connectivity index is 2.75. The zero-order chi connectivity index (χ0) is 16.6. The van der Waals surface area contributed by atoms with Gasteiger partial charge in [0, 0.05) is 27.4 Å². The lowest BCUT2D eigenvalue weighted by Crippen LogP contribution is -2.35. The number of aliphatic imine (C=N–C) groups is 1. The van der Waals surface area contributed by atoms with Crippen molar-refractivity contribution in [3.63, 3.8) is 0 Å². The van der Waals surface area contributed by atoms with Crippen molar-refractivity contribution in [1.82, 2.24) is 0 Å². The van der Waals surface area contributed by atoms with Crippen molar-refractivity contribution in [2.45, 2.75) is 19.8 Å². The number of halogens is 2. The number of carboxylic acid groups (broad SMARTS) is 2. The fourth-order valence-corrected chi connectivity index (χ4v) is 3.14. The number of nitrogens with zero attached hydrogens (tertiary/aromatic N) is 1. The summed E-state index contributed by atoms with van der Waals surface area (Å²) in [7, 11) is 0. The molecule has 1 aliphatic rings. The number of benzene rings is 1. The smallest absolute Gasteiger partial charge is 0.334 e. The first kappa shape index (κ1) is 16.5. The molecule has 1 heterocycles. The van der Waals surface area contributed by atoms with Crippen LogP contribution in [0.15, 0.2) is 34.5 Å². The summed E-state index contributed by atoms with van der Waals surface area (Å²) in [6, 6.07) is 4.58. The summed E-state index contributed by atoms with van der Waals surface area (Å²) in [5, 5.41) is 19.6. The number of hydrogen-bond donors (Lipinski definition) is 2. The minimum absolute atomic E-state index is 0.0813. The number of carbonyl (C=O) groups is 2. The van der Waals surface area contributed by atoms with Crippen molar-refractivity contribution in [3.05, 3.63) is 45.1 Å². The maximum atomic E-state index is 11.6. The Kier molecular flexibility index (Phi) is 4.58. The molecule has 2 unspecified atom stereocenters. The molecule has 7 heteroatoms. The molecule has 0 aromatic heterocycles. The van der Waals surface area contributed by atoms with Gasteiger partial charge in [-0.3, -0.25) is 9.79 Å². The topological polar surface area (TPSA) is 87.0 Å². The Morgan fingerprint density at radius 1 is 1.18 bits per heavy atom. The van der Waals surface area contributed by atoms with Gasteiger partial charge in [0.15, 0.2) is 0 Å². The van der Waals surface area contributed by atoms with Gasteiger partial charge in [0.1, 0.15) is 5.92 Å². The van der Waals surface area contributed by atoms with Gasteiger partial charge in [-0.1, -0.05) is 23.2 Å². The summed E-state index contributed by atoms with van der Waals surface area (Å²) in [5.74, 6) is -4.43. The number of aliphatic carboxylic acids is 2. The van der Waals surface area contributed by atoms with E-state index < -0.39 is 23.8 Å². The van der Waals surface area contributed by atoms with Gasteiger partial charge < -0.3 is 10.2 Å². The highest BCUT2D eigenvalue weighted by Crippen LogP contribution is 2.42. The molecule has 22 heavy (non-hydrogen) atoms. The van der Waals surface area contributed by atoms with Crippen molar-refractivity contribution in [2.24, 2.45) is 10.9 Å². The van der Waals surface area contributed by atoms with E-state index in [-0.39, 0.29) is 16.3 Å². The second kappa shape index (κ2) is 6.10. The molecule has 1 aromatic carbocycles. The minimum atomic E-state index is -1.22. The Hall–Kier alpha value is -1.85. The van der Waals surface area contributed by atoms with Crippen molar-refractivity contribution in [1.29, 1.82) is 0 Å². The standard InChI is InChI=1S/C15H13Cl2NO4/c1-6-11(14(19)20)13(12(15(21)22)7(2)18-6)9-5-8(16)3-4-10(9)17/h3-5,11,13H,1-2H3,(H,19,20)(H,21,22). The molecule has 0 saturated carbocycles. The molecule has 116 valence electrons. The SMILES string of the molecule is CC1=NC(C)=C(C(=O)O)C(c2cc(Cl)ccc2Cl)C1C(=O)O. The van der Waals surface area contributed by atoms with Crippen LogP contribution in [0.2, 0.25) is 10.0 Å². The Morgan fingerprint density at radius 2 is 1.82 bits per heavy atom. The summed E-state index contributed by atoms with van der Waals surface area (Å²) in [5.41, 5.74) is 0.884. The monoisotopic (exact) mass is 341 g/mol. The van der Waals surface area contributed by atoms with Crippen LogP contribution in [-0.4, -0.2) is 27.9 Å². The largest absolute Gasteiger partial charge is 0.481 e. The molecule has 0 radical (unpaired) electrons. The highest BCUT2D eigenvalue weighted by Gasteiger charge is 2.41. The lowest BCUT2D eigenvalue weighted by Gasteiger charge is -2.30. The fraction of sp³-hybridized carbons (Fsp3) is 0.267. The van der Waals surface area contributed by atoms with E-state index in [0.29, 0.717) is 16.3 Å². The van der Waals surface area contributed by atoms with E-state index in [9.17, 15) is 19.8 Å². The molecule has 0 amide bonds. The third-order valence-electron chi connectivity index (χ3n) is 3.62. The first-order valence-electron chi connectivity index (χ1n) is 6.41. The number of allylic oxidation sites excluding steroid dienone is 1. The second-order valence-corrected chi connectivity index (χ2v) is 5.86. The van der Waals surface area contributed by atoms with Gasteiger partial charge in [-0.2, -0.15) is 0 Å². The van der Waals surface area contributed by atoms with Crippen molar-refractivity contribution < 1.29 is 19.8 Å². The van der Waals surface area contributed by atoms with Crippen LogP contribution in [0.25, 0.3) is 0 Å². The molecular formula is C15H13Cl2NO4. The summed E-state index contributed by atoms with van der Waals surface area (Å²) >= 11 is 12.1. The van der Waals surface area contributed by atoms with Gasteiger partial charge in [0.05, 0.1) is 5.57 Å². The van der Waals surface area contributed by atoms with Crippen molar-refractivity contribution in [2.75, 3.05) is 0 Å².